The van der Waals surface area contributed by atoms with Gasteiger partial charge in [0.2, 0.25) is 0 Å². The maximum absolute atomic E-state index is 12.5. The van der Waals surface area contributed by atoms with E-state index >= 15 is 0 Å². The Morgan fingerprint density at radius 1 is 0.853 bits per heavy atom. The number of phenolic OH excluding ortho intramolecular Hbond substituents is 1. The van der Waals surface area contributed by atoms with Gasteiger partial charge in [-0.15, -0.1) is 0 Å². The van der Waals surface area contributed by atoms with E-state index in [4.69, 9.17) is 50.8 Å². The smallest absolute Gasteiger partial charge is 0.545 e. The first-order valence-corrected chi connectivity index (χ1v) is 13.1. The van der Waals surface area contributed by atoms with Gasteiger partial charge >= 0.3 is 29.6 Å². The van der Waals surface area contributed by atoms with Crippen LogP contribution in [0.2, 0.25) is 20.1 Å². The van der Waals surface area contributed by atoms with Crippen LogP contribution in [0.5, 0.6) is 5.75 Å². The van der Waals surface area contributed by atoms with E-state index in [2.05, 4.69) is 63.7 Å². The molecule has 2 aromatic carbocycles. The largest absolute Gasteiger partial charge is 1.00 e. The van der Waals surface area contributed by atoms with Crippen molar-refractivity contribution in [3.63, 3.8) is 0 Å². The number of halogens is 8. The number of carboxylic acid groups (broad SMARTS) is 1. The maximum atomic E-state index is 12.5. The number of phenols is 1. The van der Waals surface area contributed by atoms with Gasteiger partial charge in [-0.2, -0.15) is 0 Å². The molecule has 2 aromatic rings. The Bertz CT molecular complexity index is 1570. The summed E-state index contributed by atoms with van der Waals surface area (Å²) in [5.74, 6) is -1.81. The Labute approximate surface area is 266 Å². The fourth-order valence-electron chi connectivity index (χ4n) is 3.36. The first-order valence-electron chi connectivity index (χ1n) is 8.41. The molecule has 1 aliphatic carbocycles. The van der Waals surface area contributed by atoms with Gasteiger partial charge in [-0.3, -0.25) is 4.79 Å². The van der Waals surface area contributed by atoms with Crippen LogP contribution in [0.15, 0.2) is 39.2 Å². The van der Waals surface area contributed by atoms with E-state index in [-0.39, 0.29) is 102 Å². The molecule has 14 heteroatoms. The Balaban J connectivity index is 0.00000324. The van der Waals surface area contributed by atoms with Crippen LogP contribution in [0.25, 0.3) is 33.4 Å². The number of benzene rings is 3. The molecule has 0 saturated heterocycles. The molecule has 0 fully saturated rings. The molecule has 0 aromatic heterocycles. The second kappa shape index (κ2) is 10.7. The average Bonchev–Trinajstić information content (AvgIpc) is 2.75. The number of aromatic carboxylic acids is 1. The third kappa shape index (κ3) is 4.51. The van der Waals surface area contributed by atoms with Crippen LogP contribution < -0.4 is 40.1 Å². The predicted molar refractivity (Wildman–Crippen MR) is 141 cm³/mol. The summed E-state index contributed by atoms with van der Waals surface area (Å²) in [4.78, 5) is 24.7. The van der Waals surface area contributed by atoms with Crippen LogP contribution in [-0.2, 0) is 0 Å². The van der Waals surface area contributed by atoms with Crippen molar-refractivity contribution < 1.29 is 49.0 Å². The number of carboxylic acids is 1. The van der Waals surface area contributed by atoms with Crippen molar-refractivity contribution in [1.29, 1.82) is 0 Å². The molecule has 1 N–H and O–H groups in total. The zero-order valence-corrected chi connectivity index (χ0v) is 27.6. The number of hydrogen-bond acceptors (Lipinski definition) is 5. The van der Waals surface area contributed by atoms with Crippen LogP contribution in [0.4, 0.5) is 0 Å². The summed E-state index contributed by atoms with van der Waals surface area (Å²) in [6, 6.07) is 2.64. The molecule has 1 heterocycles. The topological polar surface area (TPSA) is 90.6 Å². The number of hydrogen-bond donors (Lipinski definition) is 1. The van der Waals surface area contributed by atoms with Gasteiger partial charge in [-0.05, 0) is 69.8 Å². The first kappa shape index (κ1) is 29.0. The monoisotopic (exact) mass is 802 g/mol. The van der Waals surface area contributed by atoms with Crippen molar-refractivity contribution >= 4 is 127 Å². The summed E-state index contributed by atoms with van der Waals surface area (Å²) in [5, 5.41) is 21.8. The zero-order chi connectivity index (χ0) is 24.5. The standard InChI is InChI=1S/C20H4Br4Cl4O5.Na/c21-3-1-5(29)12(23)18-7(3)9(8-4(22)2-6(30)13(24)19(8)33-18)10-11(20(31)32)15(26)17(28)16(27)14(10)25;/h1-2,29H,(H,31,32);/q;+1/p-1. The molecular formula is C20H3Br4Cl4NaO5. The summed E-state index contributed by atoms with van der Waals surface area (Å²) >= 11 is 38.4. The van der Waals surface area contributed by atoms with Gasteiger partial charge in [0.1, 0.15) is 14.7 Å². The van der Waals surface area contributed by atoms with Gasteiger partial charge in [-0.25, -0.2) is 0 Å². The quantitative estimate of drug-likeness (QED) is 0.129. The number of carbonyl (C=O) groups excluding carboxylic acids is 1. The Morgan fingerprint density at radius 3 is 2.03 bits per heavy atom. The van der Waals surface area contributed by atoms with Gasteiger partial charge in [0.25, 0.3) is 0 Å². The van der Waals surface area contributed by atoms with Crippen LogP contribution in [0.1, 0.15) is 10.4 Å². The third-order valence-corrected chi connectivity index (χ3v) is 9.29. The summed E-state index contributed by atoms with van der Waals surface area (Å²) in [6.45, 7) is 0. The minimum Gasteiger partial charge on any atom is -0.545 e. The third-order valence-electron chi connectivity index (χ3n) is 4.72. The Hall–Kier alpha value is 0.480. The van der Waals surface area contributed by atoms with Gasteiger partial charge in [0, 0.05) is 42.7 Å². The molecule has 1 aliphatic heterocycles. The van der Waals surface area contributed by atoms with Gasteiger partial charge in [0.15, 0.2) is 16.8 Å². The maximum Gasteiger partial charge on any atom is 1.00 e. The van der Waals surface area contributed by atoms with Crippen molar-refractivity contribution in [2.24, 2.45) is 0 Å². The second-order valence-corrected chi connectivity index (χ2v) is 11.3. The molecule has 0 amide bonds. The number of fused-ring (bicyclic) bond motifs is 2. The summed E-state index contributed by atoms with van der Waals surface area (Å²) in [7, 11) is 0. The molecule has 5 nitrogen and oxygen atoms in total. The van der Waals surface area contributed by atoms with E-state index in [0.717, 1.165) is 0 Å². The minimum absolute atomic E-state index is 0. The molecule has 0 atom stereocenters. The molecule has 0 saturated carbocycles. The van der Waals surface area contributed by atoms with Crippen molar-refractivity contribution in [3.05, 3.63) is 65.9 Å². The molecule has 170 valence electrons. The van der Waals surface area contributed by atoms with E-state index < -0.39 is 17.0 Å². The summed E-state index contributed by atoms with van der Waals surface area (Å²) in [5.41, 5.74) is -0.536. The van der Waals surface area contributed by atoms with Crippen molar-refractivity contribution in [3.8, 4) is 28.2 Å². The van der Waals surface area contributed by atoms with Crippen molar-refractivity contribution in [2.45, 2.75) is 0 Å². The molecule has 0 unspecified atom stereocenters. The van der Waals surface area contributed by atoms with Crippen molar-refractivity contribution in [1.82, 2.24) is 0 Å². The number of carbonyl (C=O) groups is 1. The molecular weight excluding hydrogens is 805 g/mol. The average molecular weight is 808 g/mol. The van der Waals surface area contributed by atoms with E-state index in [1.54, 1.807) is 0 Å². The summed E-state index contributed by atoms with van der Waals surface area (Å²) in [6.07, 6.45) is 0. The van der Waals surface area contributed by atoms with Gasteiger partial charge in [-0.1, -0.05) is 46.4 Å². The van der Waals surface area contributed by atoms with Gasteiger partial charge in [0.05, 0.1) is 26.1 Å². The van der Waals surface area contributed by atoms with Gasteiger partial charge < -0.3 is 19.4 Å². The van der Waals surface area contributed by atoms with E-state index in [1.165, 1.54) is 12.1 Å². The molecule has 0 bridgehead atoms. The van der Waals surface area contributed by atoms with E-state index in [0.29, 0.717) is 4.47 Å². The van der Waals surface area contributed by atoms with E-state index in [9.17, 15) is 19.8 Å². The SMILES string of the molecule is O=C([O-])c1c(Cl)c(Cl)c(Cl)c(Cl)c1-c1c2c(Br)cc(=O)c(Br)c-2oc2c(Br)c(O)cc(Br)c12.[Na+]. The number of aromatic hydroxyl groups is 1. The number of rotatable bonds is 2. The Kier molecular flexibility index (Phi) is 9.13. The minimum atomic E-state index is -1.66. The van der Waals surface area contributed by atoms with Crippen LogP contribution in [-0.4, -0.2) is 11.1 Å². The molecule has 4 rings (SSSR count). The first-order chi connectivity index (χ1) is 15.4. The predicted octanol–water partition coefficient (Wildman–Crippen LogP) is 5.30. The Morgan fingerprint density at radius 2 is 1.44 bits per heavy atom. The normalized spacial score (nSPS) is 11.2. The molecule has 0 spiro atoms. The molecule has 0 radical (unpaired) electrons. The van der Waals surface area contributed by atoms with E-state index in [1.807, 2.05) is 0 Å². The fraction of sp³-hybridized carbons (Fsp3) is 0. The second-order valence-electron chi connectivity index (χ2n) is 6.54. The van der Waals surface area contributed by atoms with Crippen LogP contribution in [0.3, 0.4) is 0 Å². The summed E-state index contributed by atoms with van der Waals surface area (Å²) < 4.78 is 6.78. The molecule has 2 aliphatic rings. The molecule has 34 heavy (non-hydrogen) atoms. The van der Waals surface area contributed by atoms with Crippen molar-refractivity contribution in [2.75, 3.05) is 0 Å². The fourth-order valence-corrected chi connectivity index (χ4v) is 6.36. The zero-order valence-electron chi connectivity index (χ0n) is 16.3. The van der Waals surface area contributed by atoms with Crippen LogP contribution >= 0.6 is 110 Å². The van der Waals surface area contributed by atoms with Crippen LogP contribution in [0, 0.1) is 0 Å².